The third-order valence-corrected chi connectivity index (χ3v) is 4.41. The zero-order valence-corrected chi connectivity index (χ0v) is 15.2. The Labute approximate surface area is 151 Å². The molecule has 1 atom stereocenters. The number of benzene rings is 1. The fourth-order valence-electron chi connectivity index (χ4n) is 2.58. The highest BCUT2D eigenvalue weighted by Gasteiger charge is 2.24. The van der Waals surface area contributed by atoms with Gasteiger partial charge in [-0.05, 0) is 19.1 Å². The van der Waals surface area contributed by atoms with Crippen molar-refractivity contribution in [2.45, 2.75) is 19.6 Å². The topological polar surface area (TPSA) is 70.2 Å². The number of aryl methyl sites for hydroxylation is 1. The molecular formula is C18H22ClFN3O2+. The number of pyridine rings is 1. The quantitative estimate of drug-likeness (QED) is 0.681. The van der Waals surface area contributed by atoms with Crippen LogP contribution in [0.15, 0.2) is 29.4 Å². The number of aliphatic imine (C=N–C) groups is 1. The number of aromatic hydroxyl groups is 1. The van der Waals surface area contributed by atoms with Crippen molar-refractivity contribution in [3.63, 3.8) is 0 Å². The second-order valence-electron chi connectivity index (χ2n) is 6.05. The van der Waals surface area contributed by atoms with E-state index in [4.69, 9.17) is 11.6 Å². The molecule has 0 unspecified atom stereocenters. The van der Waals surface area contributed by atoms with Crippen LogP contribution in [-0.2, 0) is 6.61 Å². The van der Waals surface area contributed by atoms with Gasteiger partial charge in [-0.15, -0.1) is 0 Å². The first-order chi connectivity index (χ1) is 11.9. The maximum absolute atomic E-state index is 14.2. The highest BCUT2D eigenvalue weighted by molar-refractivity contribution is 6.31. The highest BCUT2D eigenvalue weighted by atomic mass is 35.5. The van der Waals surface area contributed by atoms with E-state index in [1.165, 1.54) is 18.5 Å². The molecule has 7 heteroatoms. The van der Waals surface area contributed by atoms with Gasteiger partial charge in [0.15, 0.2) is 0 Å². The van der Waals surface area contributed by atoms with E-state index >= 15 is 0 Å². The fourth-order valence-corrected chi connectivity index (χ4v) is 2.87. The molecule has 0 spiro atoms. The van der Waals surface area contributed by atoms with Crippen LogP contribution in [0.25, 0.3) is 0 Å². The number of rotatable bonds is 6. The Hall–Kier alpha value is -2.02. The molecule has 0 amide bonds. The van der Waals surface area contributed by atoms with Crippen LogP contribution in [0.1, 0.15) is 28.4 Å². The van der Waals surface area contributed by atoms with Crippen LogP contribution in [0.5, 0.6) is 5.75 Å². The van der Waals surface area contributed by atoms with Gasteiger partial charge in [-0.1, -0.05) is 17.7 Å². The Bertz CT molecular complexity index is 761. The summed E-state index contributed by atoms with van der Waals surface area (Å²) in [7, 11) is 3.80. The van der Waals surface area contributed by atoms with E-state index < -0.39 is 0 Å². The summed E-state index contributed by atoms with van der Waals surface area (Å²) in [4.78, 5) is 9.35. The largest absolute Gasteiger partial charge is 0.505 e. The summed E-state index contributed by atoms with van der Waals surface area (Å²) in [5.41, 5.74) is 1.76. The van der Waals surface area contributed by atoms with Crippen LogP contribution >= 0.6 is 11.6 Å². The average molecular weight is 367 g/mol. The first-order valence-electron chi connectivity index (χ1n) is 7.88. The van der Waals surface area contributed by atoms with E-state index in [-0.39, 0.29) is 30.8 Å². The SMILES string of the molecule is Cc1ncc(CO)c(C=NC[C@H](c2c(F)cccc2Cl)[NH+](C)C)c1O. The number of halogens is 2. The minimum atomic E-state index is -0.368. The van der Waals surface area contributed by atoms with Crippen LogP contribution in [0.4, 0.5) is 4.39 Å². The van der Waals surface area contributed by atoms with Crippen LogP contribution in [0, 0.1) is 12.7 Å². The average Bonchev–Trinajstić information content (AvgIpc) is 2.56. The summed E-state index contributed by atoms with van der Waals surface area (Å²) >= 11 is 6.17. The number of aliphatic hydroxyl groups is 1. The molecule has 0 bridgehead atoms. The Kier molecular flexibility index (Phi) is 6.47. The number of quaternary nitrogens is 1. The second kappa shape index (κ2) is 8.38. The number of likely N-dealkylation sites (N-methyl/N-ethyl adjacent to an activating group) is 1. The highest BCUT2D eigenvalue weighted by Crippen LogP contribution is 2.25. The Balaban J connectivity index is 2.32. The van der Waals surface area contributed by atoms with Gasteiger partial charge in [-0.2, -0.15) is 0 Å². The Morgan fingerprint density at radius 1 is 1.40 bits per heavy atom. The molecule has 2 aromatic rings. The predicted octanol–water partition coefficient (Wildman–Crippen LogP) is 1.69. The van der Waals surface area contributed by atoms with Gasteiger partial charge < -0.3 is 15.1 Å². The number of nitrogens with one attached hydrogen (secondary N) is 1. The number of hydrogen-bond donors (Lipinski definition) is 3. The number of nitrogens with zero attached hydrogens (tertiary/aromatic N) is 2. The molecule has 0 radical (unpaired) electrons. The molecule has 0 saturated heterocycles. The van der Waals surface area contributed by atoms with E-state index in [9.17, 15) is 14.6 Å². The van der Waals surface area contributed by atoms with Crippen molar-refractivity contribution in [2.75, 3.05) is 20.6 Å². The van der Waals surface area contributed by atoms with Crippen LogP contribution in [0.3, 0.4) is 0 Å². The molecule has 0 aliphatic carbocycles. The van der Waals surface area contributed by atoms with Crippen molar-refractivity contribution in [2.24, 2.45) is 4.99 Å². The predicted molar refractivity (Wildman–Crippen MR) is 96.0 cm³/mol. The molecule has 5 nitrogen and oxygen atoms in total. The van der Waals surface area contributed by atoms with Crippen LogP contribution in [-0.4, -0.2) is 42.1 Å². The van der Waals surface area contributed by atoms with Gasteiger partial charge in [0.1, 0.15) is 17.6 Å². The maximum atomic E-state index is 14.2. The molecule has 1 aromatic heterocycles. The lowest BCUT2D eigenvalue weighted by Crippen LogP contribution is -3.06. The summed E-state index contributed by atoms with van der Waals surface area (Å²) in [6, 6.07) is 4.31. The molecule has 1 aromatic carbocycles. The van der Waals surface area contributed by atoms with E-state index in [0.29, 0.717) is 27.4 Å². The summed E-state index contributed by atoms with van der Waals surface area (Å²) in [6.07, 6.45) is 2.99. The lowest BCUT2D eigenvalue weighted by molar-refractivity contribution is -0.890. The third kappa shape index (κ3) is 4.34. The Morgan fingerprint density at radius 3 is 2.72 bits per heavy atom. The van der Waals surface area contributed by atoms with E-state index in [2.05, 4.69) is 9.98 Å². The van der Waals surface area contributed by atoms with Gasteiger partial charge in [0.05, 0.1) is 43.5 Å². The lowest BCUT2D eigenvalue weighted by atomic mass is 10.0. The minimum Gasteiger partial charge on any atom is -0.505 e. The molecule has 0 aliphatic heterocycles. The van der Waals surface area contributed by atoms with Gasteiger partial charge in [0.25, 0.3) is 0 Å². The van der Waals surface area contributed by atoms with Crippen LogP contribution < -0.4 is 4.90 Å². The van der Waals surface area contributed by atoms with Crippen molar-refractivity contribution in [3.05, 3.63) is 57.6 Å². The molecule has 2 rings (SSSR count). The number of hydrogen-bond acceptors (Lipinski definition) is 4. The molecule has 25 heavy (non-hydrogen) atoms. The molecule has 1 heterocycles. The van der Waals surface area contributed by atoms with Crippen molar-refractivity contribution in [1.29, 1.82) is 0 Å². The summed E-state index contributed by atoms with van der Waals surface area (Å²) in [6.45, 7) is 1.68. The number of aliphatic hydroxyl groups excluding tert-OH is 1. The lowest BCUT2D eigenvalue weighted by Gasteiger charge is -2.21. The van der Waals surface area contributed by atoms with Gasteiger partial charge >= 0.3 is 0 Å². The van der Waals surface area contributed by atoms with E-state index in [1.807, 2.05) is 14.1 Å². The molecule has 0 saturated carbocycles. The van der Waals surface area contributed by atoms with Crippen molar-refractivity contribution in [1.82, 2.24) is 4.98 Å². The summed E-state index contributed by atoms with van der Waals surface area (Å²) in [5.74, 6) is -0.388. The zero-order valence-electron chi connectivity index (χ0n) is 14.4. The normalized spacial score (nSPS) is 12.9. The van der Waals surface area contributed by atoms with E-state index in [1.54, 1.807) is 19.1 Å². The monoisotopic (exact) mass is 366 g/mol. The van der Waals surface area contributed by atoms with Gasteiger partial charge in [0.2, 0.25) is 0 Å². The van der Waals surface area contributed by atoms with Gasteiger partial charge in [-0.25, -0.2) is 4.39 Å². The van der Waals surface area contributed by atoms with Crippen molar-refractivity contribution >= 4 is 17.8 Å². The smallest absolute Gasteiger partial charge is 0.145 e. The van der Waals surface area contributed by atoms with Crippen molar-refractivity contribution in [3.8, 4) is 5.75 Å². The zero-order chi connectivity index (χ0) is 18.6. The van der Waals surface area contributed by atoms with Crippen LogP contribution in [0.2, 0.25) is 5.02 Å². The van der Waals surface area contributed by atoms with Gasteiger partial charge in [-0.3, -0.25) is 9.98 Å². The molecule has 0 aliphatic rings. The molecule has 0 fully saturated rings. The molecular weight excluding hydrogens is 345 g/mol. The molecule has 3 N–H and O–H groups in total. The first-order valence-corrected chi connectivity index (χ1v) is 8.26. The molecule has 134 valence electrons. The first kappa shape index (κ1) is 19.3. The Morgan fingerprint density at radius 2 is 2.12 bits per heavy atom. The minimum absolute atomic E-state index is 0.0204. The second-order valence-corrected chi connectivity index (χ2v) is 6.46. The summed E-state index contributed by atoms with van der Waals surface area (Å²) in [5, 5.41) is 19.9. The standard InChI is InChI=1S/C18H21ClFN3O2/c1-11-18(25)13(12(10-24)7-22-11)8-21-9-16(23(2)3)17-14(19)5-4-6-15(17)20/h4-8,16,24-25H,9-10H2,1-3H3/p+1/t16-/m1/s1. The number of aromatic nitrogens is 1. The van der Waals surface area contributed by atoms with Gasteiger partial charge in [0, 0.05) is 23.5 Å². The fraction of sp³-hybridized carbons (Fsp3) is 0.333. The van der Waals surface area contributed by atoms with Crippen molar-refractivity contribution < 1.29 is 19.5 Å². The van der Waals surface area contributed by atoms with E-state index in [0.717, 1.165) is 4.90 Å². The summed E-state index contributed by atoms with van der Waals surface area (Å²) < 4.78 is 14.2. The maximum Gasteiger partial charge on any atom is 0.145 e. The third-order valence-electron chi connectivity index (χ3n) is 4.08.